The van der Waals surface area contributed by atoms with Crippen molar-refractivity contribution in [1.29, 1.82) is 0 Å². The second kappa shape index (κ2) is 6.77. The Labute approximate surface area is 137 Å². The Morgan fingerprint density at radius 3 is 2.91 bits per heavy atom. The van der Waals surface area contributed by atoms with Crippen LogP contribution in [-0.4, -0.2) is 22.2 Å². The number of rotatable bonds is 5. The fraction of sp³-hybridized carbons (Fsp3) is 0.125. The van der Waals surface area contributed by atoms with Crippen LogP contribution in [0, 0.1) is 0 Å². The van der Waals surface area contributed by atoms with Crippen molar-refractivity contribution in [2.75, 3.05) is 6.54 Å². The van der Waals surface area contributed by atoms with Gasteiger partial charge in [-0.15, -0.1) is 11.3 Å². The molecule has 4 nitrogen and oxygen atoms in total. The lowest BCUT2D eigenvalue weighted by atomic mass is 10.2. The van der Waals surface area contributed by atoms with E-state index in [0.717, 1.165) is 4.88 Å². The maximum absolute atomic E-state index is 12.2. The van der Waals surface area contributed by atoms with E-state index in [9.17, 15) is 4.79 Å². The molecule has 0 aliphatic heterocycles. The lowest BCUT2D eigenvalue weighted by Gasteiger charge is -2.17. The zero-order valence-corrected chi connectivity index (χ0v) is 13.2. The minimum Gasteiger partial charge on any atom is -0.350 e. The van der Waals surface area contributed by atoms with Gasteiger partial charge < -0.3 is 5.32 Å². The number of nitrogens with one attached hydrogen (secondary N) is 1. The van der Waals surface area contributed by atoms with Gasteiger partial charge in [-0.1, -0.05) is 23.7 Å². The summed E-state index contributed by atoms with van der Waals surface area (Å²) in [6.45, 7) is 0.466. The molecule has 22 heavy (non-hydrogen) atoms. The van der Waals surface area contributed by atoms with E-state index in [2.05, 4.69) is 10.4 Å². The fourth-order valence-electron chi connectivity index (χ4n) is 2.19. The monoisotopic (exact) mass is 331 g/mol. The van der Waals surface area contributed by atoms with Gasteiger partial charge in [0.15, 0.2) is 0 Å². The Hall–Kier alpha value is -2.11. The molecule has 3 aromatic rings. The molecule has 0 spiro atoms. The predicted molar refractivity (Wildman–Crippen MR) is 88.5 cm³/mol. The first-order valence-corrected chi connectivity index (χ1v) is 8.06. The lowest BCUT2D eigenvalue weighted by Crippen LogP contribution is -2.31. The molecule has 0 aliphatic carbocycles. The molecule has 1 atom stereocenters. The average Bonchev–Trinajstić information content (AvgIpc) is 3.21. The summed E-state index contributed by atoms with van der Waals surface area (Å²) >= 11 is 7.57. The second-order valence-electron chi connectivity index (χ2n) is 4.74. The largest absolute Gasteiger partial charge is 0.350 e. The first kappa shape index (κ1) is 14.8. The molecule has 112 valence electrons. The number of carbonyl (C=O) groups is 1. The highest BCUT2D eigenvalue weighted by Crippen LogP contribution is 2.22. The molecule has 2 heterocycles. The summed E-state index contributed by atoms with van der Waals surface area (Å²) < 4.78 is 1.85. The number of thiophene rings is 1. The highest BCUT2D eigenvalue weighted by Gasteiger charge is 2.16. The number of benzene rings is 1. The molecule has 0 fully saturated rings. The van der Waals surface area contributed by atoms with Gasteiger partial charge in [0.1, 0.15) is 6.04 Å². The van der Waals surface area contributed by atoms with Crippen molar-refractivity contribution in [3.63, 3.8) is 0 Å². The maximum atomic E-state index is 12.2. The minimum atomic E-state index is -0.142. The van der Waals surface area contributed by atoms with Gasteiger partial charge in [0, 0.05) is 34.4 Å². The molecular formula is C16H14ClN3OS. The van der Waals surface area contributed by atoms with Gasteiger partial charge >= 0.3 is 0 Å². The van der Waals surface area contributed by atoms with Crippen LogP contribution < -0.4 is 5.32 Å². The van der Waals surface area contributed by atoms with Crippen molar-refractivity contribution >= 4 is 28.8 Å². The van der Waals surface area contributed by atoms with Crippen LogP contribution in [0.2, 0.25) is 5.02 Å². The summed E-state index contributed by atoms with van der Waals surface area (Å²) in [7, 11) is 0. The summed E-state index contributed by atoms with van der Waals surface area (Å²) in [5, 5.41) is 9.81. The molecule has 0 radical (unpaired) electrons. The summed E-state index contributed by atoms with van der Waals surface area (Å²) in [6, 6.07) is 12.8. The Balaban J connectivity index is 1.73. The second-order valence-corrected chi connectivity index (χ2v) is 6.15. The van der Waals surface area contributed by atoms with Crippen molar-refractivity contribution in [3.05, 3.63) is 75.7 Å². The molecule has 0 aliphatic rings. The number of nitrogens with zero attached hydrogens (tertiary/aromatic N) is 2. The SMILES string of the molecule is O=C(NCC(c1cccs1)n1cccn1)c1cccc(Cl)c1. The number of aromatic nitrogens is 2. The third kappa shape index (κ3) is 3.37. The number of amides is 1. The minimum absolute atomic E-state index is 0.0156. The third-order valence-corrected chi connectivity index (χ3v) is 4.47. The van der Waals surface area contributed by atoms with Gasteiger partial charge in [0.25, 0.3) is 5.91 Å². The number of hydrogen-bond acceptors (Lipinski definition) is 3. The van der Waals surface area contributed by atoms with Crippen LogP contribution in [-0.2, 0) is 0 Å². The van der Waals surface area contributed by atoms with Crippen molar-refractivity contribution in [1.82, 2.24) is 15.1 Å². The van der Waals surface area contributed by atoms with Crippen LogP contribution in [0.15, 0.2) is 60.2 Å². The van der Waals surface area contributed by atoms with Crippen LogP contribution in [0.4, 0.5) is 0 Å². The predicted octanol–water partition coefficient (Wildman–Crippen LogP) is 3.62. The number of hydrogen-bond donors (Lipinski definition) is 1. The quantitative estimate of drug-likeness (QED) is 0.776. The zero-order valence-electron chi connectivity index (χ0n) is 11.6. The van der Waals surface area contributed by atoms with E-state index < -0.39 is 0 Å². The summed E-state index contributed by atoms with van der Waals surface area (Å²) in [6.07, 6.45) is 3.63. The zero-order chi connectivity index (χ0) is 15.4. The Bertz CT molecular complexity index is 706. The molecule has 2 aromatic heterocycles. The van der Waals surface area contributed by atoms with E-state index in [1.54, 1.807) is 41.8 Å². The standard InChI is InChI=1S/C16H14ClN3OS/c17-13-5-1-4-12(10-13)16(21)18-11-14(15-6-2-9-22-15)20-8-3-7-19-20/h1-10,14H,11H2,(H,18,21). The van der Waals surface area contributed by atoms with Crippen molar-refractivity contribution < 1.29 is 4.79 Å². The topological polar surface area (TPSA) is 46.9 Å². The molecule has 1 amide bonds. The average molecular weight is 332 g/mol. The smallest absolute Gasteiger partial charge is 0.251 e. The van der Waals surface area contributed by atoms with Gasteiger partial charge in [-0.2, -0.15) is 5.10 Å². The van der Waals surface area contributed by atoms with E-state index in [4.69, 9.17) is 11.6 Å². The third-order valence-electron chi connectivity index (χ3n) is 3.26. The highest BCUT2D eigenvalue weighted by molar-refractivity contribution is 7.10. The fourth-order valence-corrected chi connectivity index (χ4v) is 3.20. The number of halogens is 1. The molecule has 0 saturated carbocycles. The first-order valence-electron chi connectivity index (χ1n) is 6.80. The van der Waals surface area contributed by atoms with E-state index in [0.29, 0.717) is 17.1 Å². The summed E-state index contributed by atoms with van der Waals surface area (Å²) in [5.74, 6) is -0.142. The molecule has 6 heteroatoms. The van der Waals surface area contributed by atoms with Gasteiger partial charge in [0.2, 0.25) is 0 Å². The molecule has 1 aromatic carbocycles. The van der Waals surface area contributed by atoms with E-state index in [1.807, 2.05) is 34.5 Å². The Kier molecular flexibility index (Phi) is 4.56. The van der Waals surface area contributed by atoms with Crippen LogP contribution in [0.25, 0.3) is 0 Å². The van der Waals surface area contributed by atoms with Crippen LogP contribution in [0.1, 0.15) is 21.3 Å². The molecule has 0 bridgehead atoms. The van der Waals surface area contributed by atoms with E-state index >= 15 is 0 Å². The Morgan fingerprint density at radius 1 is 1.32 bits per heavy atom. The van der Waals surface area contributed by atoms with Crippen molar-refractivity contribution in [3.8, 4) is 0 Å². The molecule has 0 saturated heterocycles. The van der Waals surface area contributed by atoms with Gasteiger partial charge in [-0.25, -0.2) is 0 Å². The van der Waals surface area contributed by atoms with Crippen LogP contribution in [0.5, 0.6) is 0 Å². The summed E-state index contributed by atoms with van der Waals surface area (Å²) in [4.78, 5) is 13.4. The van der Waals surface area contributed by atoms with Crippen molar-refractivity contribution in [2.24, 2.45) is 0 Å². The Morgan fingerprint density at radius 2 is 2.23 bits per heavy atom. The van der Waals surface area contributed by atoms with Gasteiger partial charge in [0.05, 0.1) is 0 Å². The van der Waals surface area contributed by atoms with Gasteiger partial charge in [-0.3, -0.25) is 9.48 Å². The highest BCUT2D eigenvalue weighted by atomic mass is 35.5. The van der Waals surface area contributed by atoms with E-state index in [-0.39, 0.29) is 11.9 Å². The molecule has 3 rings (SSSR count). The number of carbonyl (C=O) groups excluding carboxylic acids is 1. The molecule has 1 unspecified atom stereocenters. The molecular weight excluding hydrogens is 318 g/mol. The van der Waals surface area contributed by atoms with E-state index in [1.165, 1.54) is 0 Å². The van der Waals surface area contributed by atoms with Gasteiger partial charge in [-0.05, 0) is 35.7 Å². The molecule has 1 N–H and O–H groups in total. The first-order chi connectivity index (χ1) is 10.7. The normalized spacial score (nSPS) is 12.0. The lowest BCUT2D eigenvalue weighted by molar-refractivity contribution is 0.0949. The van der Waals surface area contributed by atoms with Crippen molar-refractivity contribution in [2.45, 2.75) is 6.04 Å². The maximum Gasteiger partial charge on any atom is 0.251 e. The van der Waals surface area contributed by atoms with Crippen LogP contribution >= 0.6 is 22.9 Å². The summed E-state index contributed by atoms with van der Waals surface area (Å²) in [5.41, 5.74) is 0.554. The van der Waals surface area contributed by atoms with Crippen LogP contribution in [0.3, 0.4) is 0 Å².